The minimum atomic E-state index is -3.78. The number of benzene rings is 1. The van der Waals surface area contributed by atoms with Crippen LogP contribution in [0.25, 0.3) is 0 Å². The molecule has 0 aliphatic carbocycles. The lowest BCUT2D eigenvalue weighted by atomic mass is 10.2. The van der Waals surface area contributed by atoms with E-state index in [0.717, 1.165) is 6.07 Å². The number of nitro benzene ring substituents is 1. The van der Waals surface area contributed by atoms with Gasteiger partial charge < -0.3 is 5.73 Å². The molecule has 100 valence electrons. The van der Waals surface area contributed by atoms with Crippen LogP contribution in [0.3, 0.4) is 0 Å². The molecule has 0 aliphatic rings. The van der Waals surface area contributed by atoms with Crippen molar-refractivity contribution in [2.75, 3.05) is 13.1 Å². The average molecular weight is 338 g/mol. The Balaban J connectivity index is 3.31. The lowest BCUT2D eigenvalue weighted by Crippen LogP contribution is -2.29. The molecule has 0 fully saturated rings. The zero-order chi connectivity index (χ0) is 13.9. The molecular formula is C9H12BrN3O4S. The summed E-state index contributed by atoms with van der Waals surface area (Å²) in [7, 11) is -3.78. The molecule has 1 aromatic rings. The SMILES string of the molecule is Cc1c(Br)cc(S(=O)(=O)NCCN)cc1[N+](=O)[O-]. The van der Waals surface area contributed by atoms with Crippen molar-refractivity contribution in [3.05, 3.63) is 32.3 Å². The van der Waals surface area contributed by atoms with Gasteiger partial charge in [0.05, 0.1) is 9.82 Å². The second-order valence-electron chi connectivity index (χ2n) is 3.49. The van der Waals surface area contributed by atoms with Crippen LogP contribution in [0.1, 0.15) is 5.56 Å². The van der Waals surface area contributed by atoms with Gasteiger partial charge in [-0.1, -0.05) is 15.9 Å². The van der Waals surface area contributed by atoms with Crippen molar-refractivity contribution in [2.24, 2.45) is 5.73 Å². The van der Waals surface area contributed by atoms with E-state index < -0.39 is 14.9 Å². The molecule has 7 nitrogen and oxygen atoms in total. The maximum absolute atomic E-state index is 11.8. The predicted molar refractivity (Wildman–Crippen MR) is 69.8 cm³/mol. The Kier molecular flexibility index (Phi) is 4.79. The molecule has 0 saturated carbocycles. The number of nitro groups is 1. The van der Waals surface area contributed by atoms with Crippen molar-refractivity contribution in [2.45, 2.75) is 11.8 Å². The zero-order valence-electron chi connectivity index (χ0n) is 9.51. The Morgan fingerprint density at radius 1 is 1.50 bits per heavy atom. The third-order valence-corrected chi connectivity index (χ3v) is 4.50. The smallest absolute Gasteiger partial charge is 0.274 e. The summed E-state index contributed by atoms with van der Waals surface area (Å²) in [4.78, 5) is 10.0. The first-order valence-corrected chi connectivity index (χ1v) is 7.21. The second kappa shape index (κ2) is 5.74. The first kappa shape index (κ1) is 15.0. The van der Waals surface area contributed by atoms with E-state index in [1.807, 2.05) is 0 Å². The summed E-state index contributed by atoms with van der Waals surface area (Å²) in [6.45, 7) is 1.75. The highest BCUT2D eigenvalue weighted by atomic mass is 79.9. The summed E-state index contributed by atoms with van der Waals surface area (Å²) in [5.74, 6) is 0. The summed E-state index contributed by atoms with van der Waals surface area (Å²) in [5, 5.41) is 10.8. The Morgan fingerprint density at radius 2 is 2.11 bits per heavy atom. The number of rotatable bonds is 5. The van der Waals surface area contributed by atoms with Crippen LogP contribution in [-0.2, 0) is 10.0 Å². The molecule has 0 spiro atoms. The topological polar surface area (TPSA) is 115 Å². The van der Waals surface area contributed by atoms with E-state index in [1.165, 1.54) is 13.0 Å². The van der Waals surface area contributed by atoms with E-state index in [2.05, 4.69) is 20.7 Å². The monoisotopic (exact) mass is 337 g/mol. The fourth-order valence-electron chi connectivity index (χ4n) is 1.26. The van der Waals surface area contributed by atoms with Crippen LogP contribution >= 0.6 is 15.9 Å². The molecule has 1 aromatic carbocycles. The normalized spacial score (nSPS) is 11.5. The molecule has 0 heterocycles. The Labute approximate surface area is 113 Å². The highest BCUT2D eigenvalue weighted by molar-refractivity contribution is 9.10. The second-order valence-corrected chi connectivity index (χ2v) is 6.11. The largest absolute Gasteiger partial charge is 0.329 e. The van der Waals surface area contributed by atoms with Crippen molar-refractivity contribution in [3.8, 4) is 0 Å². The van der Waals surface area contributed by atoms with Gasteiger partial charge in [-0.25, -0.2) is 13.1 Å². The molecule has 0 aliphatic heterocycles. The molecule has 0 radical (unpaired) electrons. The van der Waals surface area contributed by atoms with Crippen LogP contribution in [-0.4, -0.2) is 26.4 Å². The lowest BCUT2D eigenvalue weighted by molar-refractivity contribution is -0.385. The van der Waals surface area contributed by atoms with E-state index in [0.29, 0.717) is 10.0 Å². The molecule has 9 heteroatoms. The summed E-state index contributed by atoms with van der Waals surface area (Å²) >= 11 is 3.10. The average Bonchev–Trinajstić information content (AvgIpc) is 2.29. The quantitative estimate of drug-likeness (QED) is 0.611. The van der Waals surface area contributed by atoms with Crippen LogP contribution in [0.4, 0.5) is 5.69 Å². The molecule has 0 bridgehead atoms. The van der Waals surface area contributed by atoms with Crippen molar-refractivity contribution < 1.29 is 13.3 Å². The summed E-state index contributed by atoms with van der Waals surface area (Å²) < 4.78 is 26.2. The molecule has 0 aromatic heterocycles. The van der Waals surface area contributed by atoms with Gasteiger partial charge in [-0.3, -0.25) is 10.1 Å². The van der Waals surface area contributed by atoms with Crippen molar-refractivity contribution in [1.82, 2.24) is 4.72 Å². The van der Waals surface area contributed by atoms with Gasteiger partial charge in [0.15, 0.2) is 0 Å². The van der Waals surface area contributed by atoms with Gasteiger partial charge in [0.1, 0.15) is 0 Å². The molecule has 1 rings (SSSR count). The van der Waals surface area contributed by atoms with E-state index in [4.69, 9.17) is 5.73 Å². The standard InChI is InChI=1S/C9H12BrN3O4S/c1-6-8(10)4-7(5-9(6)13(14)15)18(16,17)12-3-2-11/h4-5,12H,2-3,11H2,1H3. The lowest BCUT2D eigenvalue weighted by Gasteiger charge is -2.07. The Hall–Kier alpha value is -1.03. The van der Waals surface area contributed by atoms with E-state index in [9.17, 15) is 18.5 Å². The highest BCUT2D eigenvalue weighted by Crippen LogP contribution is 2.29. The van der Waals surface area contributed by atoms with Gasteiger partial charge in [0.25, 0.3) is 5.69 Å². The third-order valence-electron chi connectivity index (χ3n) is 2.23. The number of nitrogens with one attached hydrogen (secondary N) is 1. The third kappa shape index (κ3) is 3.25. The maximum Gasteiger partial charge on any atom is 0.274 e. The van der Waals surface area contributed by atoms with Crippen LogP contribution in [0, 0.1) is 17.0 Å². The maximum atomic E-state index is 11.8. The molecule has 3 N–H and O–H groups in total. The summed E-state index contributed by atoms with van der Waals surface area (Å²) in [5.41, 5.74) is 5.32. The van der Waals surface area contributed by atoms with Gasteiger partial charge in [-0.15, -0.1) is 0 Å². The number of hydrogen-bond acceptors (Lipinski definition) is 5. The van der Waals surface area contributed by atoms with Gasteiger partial charge in [0, 0.05) is 29.2 Å². The molecule has 0 saturated heterocycles. The van der Waals surface area contributed by atoms with Crippen molar-refractivity contribution in [3.63, 3.8) is 0 Å². The number of hydrogen-bond donors (Lipinski definition) is 2. The molecule has 0 unspecified atom stereocenters. The van der Waals surface area contributed by atoms with E-state index in [1.54, 1.807) is 0 Å². The Bertz CT molecular complexity index is 573. The van der Waals surface area contributed by atoms with Gasteiger partial charge >= 0.3 is 0 Å². The molecule has 0 amide bonds. The van der Waals surface area contributed by atoms with Gasteiger partial charge in [-0.2, -0.15) is 0 Å². The highest BCUT2D eigenvalue weighted by Gasteiger charge is 2.21. The van der Waals surface area contributed by atoms with Gasteiger partial charge in [0.2, 0.25) is 10.0 Å². The minimum Gasteiger partial charge on any atom is -0.329 e. The molecule has 0 atom stereocenters. The first-order valence-electron chi connectivity index (χ1n) is 4.94. The number of sulfonamides is 1. The summed E-state index contributed by atoms with van der Waals surface area (Å²) in [6, 6.07) is 2.35. The number of nitrogens with two attached hydrogens (primary N) is 1. The predicted octanol–water partition coefficient (Wildman–Crippen LogP) is 0.903. The van der Waals surface area contributed by atoms with E-state index in [-0.39, 0.29) is 23.7 Å². The van der Waals surface area contributed by atoms with E-state index >= 15 is 0 Å². The van der Waals surface area contributed by atoms with Crippen LogP contribution < -0.4 is 10.5 Å². The Morgan fingerprint density at radius 3 is 2.61 bits per heavy atom. The fraction of sp³-hybridized carbons (Fsp3) is 0.333. The fourth-order valence-corrected chi connectivity index (χ4v) is 2.96. The molecular weight excluding hydrogens is 326 g/mol. The minimum absolute atomic E-state index is 0.0711. The van der Waals surface area contributed by atoms with Crippen molar-refractivity contribution in [1.29, 1.82) is 0 Å². The zero-order valence-corrected chi connectivity index (χ0v) is 11.9. The number of halogens is 1. The molecule has 18 heavy (non-hydrogen) atoms. The first-order chi connectivity index (χ1) is 8.29. The van der Waals surface area contributed by atoms with Crippen LogP contribution in [0.15, 0.2) is 21.5 Å². The van der Waals surface area contributed by atoms with Crippen LogP contribution in [0.5, 0.6) is 0 Å². The van der Waals surface area contributed by atoms with Crippen LogP contribution in [0.2, 0.25) is 0 Å². The van der Waals surface area contributed by atoms with Crippen molar-refractivity contribution >= 4 is 31.6 Å². The van der Waals surface area contributed by atoms with Gasteiger partial charge in [-0.05, 0) is 13.0 Å². The number of nitrogens with zero attached hydrogens (tertiary/aromatic N) is 1. The summed E-state index contributed by atoms with van der Waals surface area (Å²) in [6.07, 6.45) is 0.